The number of carbonyl (C=O) groups is 1. The molecule has 1 aliphatic rings. The van der Waals surface area contributed by atoms with Crippen molar-refractivity contribution in [1.29, 1.82) is 0 Å². The van der Waals surface area contributed by atoms with Crippen LogP contribution in [0.5, 0.6) is 0 Å². The van der Waals surface area contributed by atoms with Gasteiger partial charge in [0.05, 0.1) is 5.39 Å². The van der Waals surface area contributed by atoms with Gasteiger partial charge in [-0.25, -0.2) is 4.98 Å². The van der Waals surface area contributed by atoms with Gasteiger partial charge in [-0.05, 0) is 37.7 Å². The Morgan fingerprint density at radius 3 is 2.73 bits per heavy atom. The Morgan fingerprint density at radius 2 is 1.96 bits per heavy atom. The number of carboxylic acids is 1. The van der Waals surface area contributed by atoms with Crippen LogP contribution in [0.4, 0.5) is 0 Å². The standard InChI is InChI=1S/C20H20N2O3S/c23-16(24)11-6-12-22-18(13-7-2-1-3-8-13)21-19-17(20(22)25)14-9-4-5-10-15(14)26-19/h1-3,7-8H,4-6,9-12H2,(H,23,24). The van der Waals surface area contributed by atoms with Crippen molar-refractivity contribution < 1.29 is 9.90 Å². The Kier molecular flexibility index (Phi) is 4.59. The molecule has 0 spiro atoms. The molecule has 0 bridgehead atoms. The highest BCUT2D eigenvalue weighted by atomic mass is 32.1. The molecule has 0 atom stereocenters. The Hall–Kier alpha value is -2.47. The quantitative estimate of drug-likeness (QED) is 0.742. The van der Waals surface area contributed by atoms with E-state index in [0.717, 1.165) is 41.5 Å². The van der Waals surface area contributed by atoms with Gasteiger partial charge in [-0.15, -0.1) is 11.3 Å². The fourth-order valence-electron chi connectivity index (χ4n) is 3.64. The second kappa shape index (κ2) is 7.03. The van der Waals surface area contributed by atoms with Crippen molar-refractivity contribution in [3.05, 3.63) is 51.1 Å². The van der Waals surface area contributed by atoms with Crippen LogP contribution in [0.25, 0.3) is 21.6 Å². The lowest BCUT2D eigenvalue weighted by molar-refractivity contribution is -0.137. The second-order valence-electron chi connectivity index (χ2n) is 6.65. The molecular formula is C20H20N2O3S. The molecule has 3 aromatic rings. The van der Waals surface area contributed by atoms with Crippen LogP contribution in [-0.4, -0.2) is 20.6 Å². The van der Waals surface area contributed by atoms with E-state index in [4.69, 9.17) is 10.1 Å². The van der Waals surface area contributed by atoms with E-state index in [1.54, 1.807) is 15.9 Å². The van der Waals surface area contributed by atoms with Crippen LogP contribution in [0.2, 0.25) is 0 Å². The second-order valence-corrected chi connectivity index (χ2v) is 7.73. The average molecular weight is 368 g/mol. The number of thiophene rings is 1. The molecule has 2 aromatic heterocycles. The van der Waals surface area contributed by atoms with Crippen molar-refractivity contribution in [3.8, 4) is 11.4 Å². The summed E-state index contributed by atoms with van der Waals surface area (Å²) in [6.07, 6.45) is 4.69. The van der Waals surface area contributed by atoms with Crippen LogP contribution in [0, 0.1) is 0 Å². The zero-order valence-corrected chi connectivity index (χ0v) is 15.2. The summed E-state index contributed by atoms with van der Waals surface area (Å²) in [7, 11) is 0. The maximum atomic E-state index is 13.3. The van der Waals surface area contributed by atoms with Crippen molar-refractivity contribution in [2.24, 2.45) is 0 Å². The lowest BCUT2D eigenvalue weighted by atomic mass is 9.97. The molecular weight excluding hydrogens is 348 g/mol. The van der Waals surface area contributed by atoms with Gasteiger partial charge in [0.25, 0.3) is 5.56 Å². The average Bonchev–Trinajstić information content (AvgIpc) is 3.02. The maximum absolute atomic E-state index is 13.3. The van der Waals surface area contributed by atoms with E-state index in [1.165, 1.54) is 10.4 Å². The summed E-state index contributed by atoms with van der Waals surface area (Å²) in [5, 5.41) is 9.69. The Bertz CT molecular complexity index is 1020. The number of hydrogen-bond donors (Lipinski definition) is 1. The number of nitrogens with zero attached hydrogens (tertiary/aromatic N) is 2. The van der Waals surface area contributed by atoms with Crippen molar-refractivity contribution in [2.75, 3.05) is 0 Å². The highest BCUT2D eigenvalue weighted by Crippen LogP contribution is 2.34. The number of aryl methyl sites for hydroxylation is 2. The zero-order valence-electron chi connectivity index (χ0n) is 14.4. The summed E-state index contributed by atoms with van der Waals surface area (Å²) >= 11 is 1.64. The Balaban J connectivity index is 1.90. The van der Waals surface area contributed by atoms with Crippen LogP contribution in [0.3, 0.4) is 0 Å². The Labute approximate surface area is 154 Å². The van der Waals surface area contributed by atoms with E-state index in [-0.39, 0.29) is 12.0 Å². The molecule has 0 radical (unpaired) electrons. The van der Waals surface area contributed by atoms with Crippen molar-refractivity contribution in [1.82, 2.24) is 9.55 Å². The first-order valence-electron chi connectivity index (χ1n) is 8.97. The molecule has 6 heteroatoms. The van der Waals surface area contributed by atoms with Gasteiger partial charge in [0.1, 0.15) is 10.7 Å². The number of aromatic nitrogens is 2. The molecule has 0 amide bonds. The fourth-order valence-corrected chi connectivity index (χ4v) is 4.89. The van der Waals surface area contributed by atoms with Gasteiger partial charge >= 0.3 is 5.97 Å². The van der Waals surface area contributed by atoms with Gasteiger partial charge < -0.3 is 5.11 Å². The summed E-state index contributed by atoms with van der Waals surface area (Å²) in [5.74, 6) is -0.214. The maximum Gasteiger partial charge on any atom is 0.303 e. The van der Waals surface area contributed by atoms with Gasteiger partial charge in [-0.2, -0.15) is 0 Å². The largest absolute Gasteiger partial charge is 0.481 e. The minimum absolute atomic E-state index is 0.0290. The first-order chi connectivity index (χ1) is 12.6. The molecule has 1 aliphatic carbocycles. The highest BCUT2D eigenvalue weighted by molar-refractivity contribution is 7.18. The summed E-state index contributed by atoms with van der Waals surface area (Å²) in [4.78, 5) is 31.2. The molecule has 5 nitrogen and oxygen atoms in total. The van der Waals surface area contributed by atoms with Crippen molar-refractivity contribution >= 4 is 27.5 Å². The van der Waals surface area contributed by atoms with Gasteiger partial charge in [-0.3, -0.25) is 14.2 Å². The number of fused-ring (bicyclic) bond motifs is 3. The number of aliphatic carboxylic acids is 1. The molecule has 1 N–H and O–H groups in total. The van der Waals surface area contributed by atoms with E-state index in [1.807, 2.05) is 30.3 Å². The smallest absolute Gasteiger partial charge is 0.303 e. The molecule has 0 saturated carbocycles. The van der Waals surface area contributed by atoms with Gasteiger partial charge in [0.2, 0.25) is 0 Å². The van der Waals surface area contributed by atoms with E-state index in [2.05, 4.69) is 0 Å². The molecule has 4 rings (SSSR count). The third kappa shape index (κ3) is 3.05. The number of carboxylic acid groups (broad SMARTS) is 1. The minimum atomic E-state index is -0.846. The molecule has 0 unspecified atom stereocenters. The molecule has 134 valence electrons. The van der Waals surface area contributed by atoms with E-state index in [9.17, 15) is 9.59 Å². The normalized spacial score (nSPS) is 13.7. The van der Waals surface area contributed by atoms with Crippen molar-refractivity contribution in [3.63, 3.8) is 0 Å². The lowest BCUT2D eigenvalue weighted by Gasteiger charge is -2.13. The fraction of sp³-hybridized carbons (Fsp3) is 0.350. The predicted octanol–water partition coefficient (Wildman–Crippen LogP) is 3.87. The van der Waals surface area contributed by atoms with Crippen LogP contribution in [0.15, 0.2) is 35.1 Å². The first-order valence-corrected chi connectivity index (χ1v) is 9.79. The number of benzene rings is 1. The highest BCUT2D eigenvalue weighted by Gasteiger charge is 2.22. The Morgan fingerprint density at radius 1 is 1.19 bits per heavy atom. The number of rotatable bonds is 5. The SMILES string of the molecule is O=C(O)CCCn1c(-c2ccccc2)nc2sc3c(c2c1=O)CCCC3. The van der Waals surface area contributed by atoms with Crippen molar-refractivity contribution in [2.45, 2.75) is 45.1 Å². The predicted molar refractivity (Wildman–Crippen MR) is 103 cm³/mol. The molecule has 0 saturated heterocycles. The number of hydrogen-bond acceptors (Lipinski definition) is 4. The monoisotopic (exact) mass is 368 g/mol. The zero-order chi connectivity index (χ0) is 18.1. The topological polar surface area (TPSA) is 72.2 Å². The van der Waals surface area contributed by atoms with Gasteiger partial charge in [-0.1, -0.05) is 30.3 Å². The summed E-state index contributed by atoms with van der Waals surface area (Å²) in [6.45, 7) is 0.364. The molecule has 26 heavy (non-hydrogen) atoms. The van der Waals surface area contributed by atoms with Crippen LogP contribution in [0.1, 0.15) is 36.1 Å². The first kappa shape index (κ1) is 17.0. The van der Waals surface area contributed by atoms with Gasteiger partial charge in [0, 0.05) is 23.4 Å². The summed E-state index contributed by atoms with van der Waals surface area (Å²) < 4.78 is 1.67. The van der Waals surface area contributed by atoms with E-state index < -0.39 is 5.97 Å². The van der Waals surface area contributed by atoms with Crippen LogP contribution < -0.4 is 5.56 Å². The van der Waals surface area contributed by atoms with E-state index >= 15 is 0 Å². The molecule has 2 heterocycles. The lowest BCUT2D eigenvalue weighted by Crippen LogP contribution is -2.24. The van der Waals surface area contributed by atoms with Gasteiger partial charge in [0.15, 0.2) is 0 Å². The third-order valence-corrected chi connectivity index (χ3v) is 6.06. The molecule has 0 fully saturated rings. The van der Waals surface area contributed by atoms with Crippen LogP contribution >= 0.6 is 11.3 Å². The third-order valence-electron chi connectivity index (χ3n) is 4.88. The summed E-state index contributed by atoms with van der Waals surface area (Å²) in [6, 6.07) is 9.65. The van der Waals surface area contributed by atoms with E-state index in [0.29, 0.717) is 18.8 Å². The minimum Gasteiger partial charge on any atom is -0.481 e. The molecule has 1 aromatic carbocycles. The summed E-state index contributed by atoms with van der Waals surface area (Å²) in [5.41, 5.74) is 2.02. The van der Waals surface area contributed by atoms with Crippen LogP contribution in [-0.2, 0) is 24.2 Å². The molecule has 0 aliphatic heterocycles.